The number of nitrogens with zero attached hydrogens (tertiary/aromatic N) is 2. The molecule has 3 nitrogen and oxygen atoms in total. The Balaban J connectivity index is 2.30. The zero-order valence-corrected chi connectivity index (χ0v) is 10.7. The molecule has 0 bridgehead atoms. The summed E-state index contributed by atoms with van der Waals surface area (Å²) in [5.41, 5.74) is -0.332. The number of alkyl halides is 3. The van der Waals surface area contributed by atoms with E-state index >= 15 is 0 Å². The predicted octanol–water partition coefficient (Wildman–Crippen LogP) is 2.94. The maximum atomic E-state index is 12.6. The van der Waals surface area contributed by atoms with E-state index in [0.29, 0.717) is 5.69 Å². The highest BCUT2D eigenvalue weighted by Gasteiger charge is 2.42. The Morgan fingerprint density at radius 2 is 1.94 bits per heavy atom. The molecule has 1 heterocycles. The fourth-order valence-electron chi connectivity index (χ4n) is 1.74. The Bertz CT molecular complexity index is 458. The van der Waals surface area contributed by atoms with Crippen LogP contribution in [-0.4, -0.2) is 29.6 Å². The highest BCUT2D eigenvalue weighted by molar-refractivity contribution is 9.10. The van der Waals surface area contributed by atoms with E-state index in [9.17, 15) is 13.2 Å². The van der Waals surface area contributed by atoms with Gasteiger partial charge in [0.05, 0.1) is 18.3 Å². The molecule has 1 atom stereocenters. The lowest BCUT2D eigenvalue weighted by Gasteiger charge is -2.21. The summed E-state index contributed by atoms with van der Waals surface area (Å²) < 4.78 is 38.6. The van der Waals surface area contributed by atoms with Crippen LogP contribution in [0.25, 0.3) is 0 Å². The van der Waals surface area contributed by atoms with Crippen molar-refractivity contribution in [3.8, 4) is 0 Å². The lowest BCUT2D eigenvalue weighted by atomic mass is 10.1. The molecule has 1 aromatic rings. The molecule has 2 rings (SSSR count). The molecule has 0 amide bonds. The first-order valence-electron chi connectivity index (χ1n) is 5.22. The second-order valence-electron chi connectivity index (χ2n) is 3.91. The van der Waals surface area contributed by atoms with Crippen molar-refractivity contribution < 1.29 is 18.3 Å². The Kier molecular flexibility index (Phi) is 3.63. The van der Waals surface area contributed by atoms with Crippen LogP contribution in [0.1, 0.15) is 6.42 Å². The summed E-state index contributed by atoms with van der Waals surface area (Å²) in [6, 6.07) is 6.06. The van der Waals surface area contributed by atoms with Gasteiger partial charge in [-0.3, -0.25) is 5.01 Å². The topological polar surface area (TPSA) is 35.8 Å². The summed E-state index contributed by atoms with van der Waals surface area (Å²) in [5, 5.41) is 13.9. The van der Waals surface area contributed by atoms with E-state index in [1.165, 1.54) is 5.01 Å². The van der Waals surface area contributed by atoms with Gasteiger partial charge in [0, 0.05) is 10.9 Å². The van der Waals surface area contributed by atoms with E-state index in [0.717, 1.165) is 4.47 Å². The molecule has 0 saturated heterocycles. The van der Waals surface area contributed by atoms with Gasteiger partial charge in [0.15, 0.2) is 0 Å². The van der Waals surface area contributed by atoms with Gasteiger partial charge in [-0.15, -0.1) is 0 Å². The third kappa shape index (κ3) is 2.67. The minimum absolute atomic E-state index is 0.296. The number of hydrogen-bond donors (Lipinski definition) is 1. The van der Waals surface area contributed by atoms with Gasteiger partial charge in [0.1, 0.15) is 5.71 Å². The van der Waals surface area contributed by atoms with Gasteiger partial charge in [-0.2, -0.15) is 18.3 Å². The summed E-state index contributed by atoms with van der Waals surface area (Å²) in [7, 11) is 0. The molecule has 1 aromatic carbocycles. The molecule has 1 aliphatic rings. The van der Waals surface area contributed by atoms with Gasteiger partial charge in [-0.05, 0) is 24.3 Å². The van der Waals surface area contributed by atoms with Crippen molar-refractivity contribution in [1.29, 1.82) is 0 Å². The average molecular weight is 323 g/mol. The normalized spacial score (nSPS) is 20.2. The SMILES string of the molecule is OCC1CC(C(F)(F)F)=NN1c1ccc(Br)cc1. The summed E-state index contributed by atoms with van der Waals surface area (Å²) in [6.07, 6.45) is -4.74. The van der Waals surface area contributed by atoms with Crippen LogP contribution in [0.3, 0.4) is 0 Å². The molecule has 1 aliphatic heterocycles. The minimum Gasteiger partial charge on any atom is -0.394 e. The Morgan fingerprint density at radius 1 is 1.33 bits per heavy atom. The van der Waals surface area contributed by atoms with E-state index in [4.69, 9.17) is 5.11 Å². The van der Waals surface area contributed by atoms with E-state index in [2.05, 4.69) is 21.0 Å². The second kappa shape index (κ2) is 4.89. The van der Waals surface area contributed by atoms with Crippen molar-refractivity contribution in [2.24, 2.45) is 5.10 Å². The Morgan fingerprint density at radius 3 is 2.44 bits per heavy atom. The molecule has 0 saturated carbocycles. The molecule has 7 heteroatoms. The number of rotatable bonds is 2. The van der Waals surface area contributed by atoms with Crippen molar-refractivity contribution >= 4 is 27.3 Å². The molecular formula is C11H10BrF3N2O. The summed E-state index contributed by atoms with van der Waals surface area (Å²) in [4.78, 5) is 0. The zero-order valence-electron chi connectivity index (χ0n) is 9.15. The maximum Gasteiger partial charge on any atom is 0.431 e. The maximum absolute atomic E-state index is 12.6. The van der Waals surface area contributed by atoms with Crippen LogP contribution in [0, 0.1) is 0 Å². The van der Waals surface area contributed by atoms with Gasteiger partial charge < -0.3 is 5.11 Å². The van der Waals surface area contributed by atoms with Crippen LogP contribution >= 0.6 is 15.9 Å². The van der Waals surface area contributed by atoms with E-state index in [1.54, 1.807) is 24.3 Å². The first kappa shape index (κ1) is 13.4. The highest BCUT2D eigenvalue weighted by atomic mass is 79.9. The lowest BCUT2D eigenvalue weighted by Crippen LogP contribution is -2.30. The summed E-state index contributed by atoms with van der Waals surface area (Å²) >= 11 is 3.25. The summed E-state index contributed by atoms with van der Waals surface area (Å²) in [6.45, 7) is -0.376. The van der Waals surface area contributed by atoms with E-state index < -0.39 is 17.9 Å². The van der Waals surface area contributed by atoms with Crippen molar-refractivity contribution in [3.05, 3.63) is 28.7 Å². The van der Waals surface area contributed by atoms with E-state index in [-0.39, 0.29) is 13.0 Å². The minimum atomic E-state index is -4.45. The Labute approximate surface area is 110 Å². The van der Waals surface area contributed by atoms with Crippen molar-refractivity contribution in [2.45, 2.75) is 18.6 Å². The molecule has 1 N–H and O–H groups in total. The predicted molar refractivity (Wildman–Crippen MR) is 65.6 cm³/mol. The Hall–Kier alpha value is -1.08. The number of anilines is 1. The van der Waals surface area contributed by atoms with Gasteiger partial charge in [0.25, 0.3) is 0 Å². The van der Waals surface area contributed by atoms with Crippen LogP contribution in [0.2, 0.25) is 0 Å². The molecular weight excluding hydrogens is 313 g/mol. The summed E-state index contributed by atoms with van der Waals surface area (Å²) in [5.74, 6) is 0. The average Bonchev–Trinajstić information content (AvgIpc) is 2.73. The van der Waals surface area contributed by atoms with Crippen LogP contribution in [0.4, 0.5) is 18.9 Å². The van der Waals surface area contributed by atoms with Crippen LogP contribution < -0.4 is 5.01 Å². The third-order valence-electron chi connectivity index (χ3n) is 2.63. The van der Waals surface area contributed by atoms with Crippen molar-refractivity contribution in [2.75, 3.05) is 11.6 Å². The fourth-order valence-corrected chi connectivity index (χ4v) is 2.00. The standard InChI is InChI=1S/C11H10BrF3N2O/c12-7-1-3-8(4-2-7)17-9(6-18)5-10(16-17)11(13,14)15/h1-4,9,18H,5-6H2. The fraction of sp³-hybridized carbons (Fsp3) is 0.364. The lowest BCUT2D eigenvalue weighted by molar-refractivity contribution is -0.0600. The zero-order chi connectivity index (χ0) is 13.3. The van der Waals surface area contributed by atoms with Crippen LogP contribution in [0.15, 0.2) is 33.8 Å². The van der Waals surface area contributed by atoms with Gasteiger partial charge >= 0.3 is 6.18 Å². The molecule has 0 fully saturated rings. The quantitative estimate of drug-likeness (QED) is 0.908. The smallest absolute Gasteiger partial charge is 0.394 e. The molecule has 0 aliphatic carbocycles. The number of hydrogen-bond acceptors (Lipinski definition) is 3. The first-order chi connectivity index (χ1) is 8.41. The number of benzene rings is 1. The third-order valence-corrected chi connectivity index (χ3v) is 3.16. The molecule has 0 spiro atoms. The molecule has 18 heavy (non-hydrogen) atoms. The van der Waals surface area contributed by atoms with E-state index in [1.807, 2.05) is 0 Å². The monoisotopic (exact) mass is 322 g/mol. The largest absolute Gasteiger partial charge is 0.431 e. The van der Waals surface area contributed by atoms with Gasteiger partial charge in [0.2, 0.25) is 0 Å². The van der Waals surface area contributed by atoms with Gasteiger partial charge in [-0.1, -0.05) is 15.9 Å². The highest BCUT2D eigenvalue weighted by Crippen LogP contribution is 2.31. The molecule has 98 valence electrons. The number of halogens is 4. The molecule has 1 unspecified atom stereocenters. The van der Waals surface area contributed by atoms with Crippen LogP contribution in [0.5, 0.6) is 0 Å². The molecule has 0 aromatic heterocycles. The van der Waals surface area contributed by atoms with Gasteiger partial charge in [-0.25, -0.2) is 0 Å². The number of aliphatic hydroxyl groups is 1. The molecule has 0 radical (unpaired) electrons. The van der Waals surface area contributed by atoms with Crippen LogP contribution in [-0.2, 0) is 0 Å². The van der Waals surface area contributed by atoms with Crippen molar-refractivity contribution in [3.63, 3.8) is 0 Å². The first-order valence-corrected chi connectivity index (χ1v) is 6.01. The number of aliphatic hydroxyl groups excluding tert-OH is 1. The second-order valence-corrected chi connectivity index (χ2v) is 4.82. The number of hydrazone groups is 1. The van der Waals surface area contributed by atoms with Crippen molar-refractivity contribution in [1.82, 2.24) is 0 Å².